The molecule has 1 aliphatic carbocycles. The highest BCUT2D eigenvalue weighted by Crippen LogP contribution is 2.32. The zero-order valence-corrected chi connectivity index (χ0v) is 16.2. The van der Waals surface area contributed by atoms with E-state index in [-0.39, 0.29) is 6.10 Å². The average Bonchev–Trinajstić information content (AvgIpc) is 3.56. The van der Waals surface area contributed by atoms with Crippen molar-refractivity contribution in [2.24, 2.45) is 0 Å². The molecule has 1 saturated carbocycles. The highest BCUT2D eigenvalue weighted by molar-refractivity contribution is 5.40. The summed E-state index contributed by atoms with van der Waals surface area (Å²) < 4.78 is 12.0. The van der Waals surface area contributed by atoms with E-state index in [9.17, 15) is 0 Å². The van der Waals surface area contributed by atoms with Gasteiger partial charge in [-0.05, 0) is 50.4 Å². The molecule has 2 fully saturated rings. The molecule has 1 unspecified atom stereocenters. The van der Waals surface area contributed by atoms with E-state index in [4.69, 9.17) is 14.5 Å². The minimum Gasteiger partial charge on any atom is -0.486 e. The maximum Gasteiger partial charge on any atom is 0.223 e. The summed E-state index contributed by atoms with van der Waals surface area (Å²) in [7, 11) is 0. The van der Waals surface area contributed by atoms with Crippen molar-refractivity contribution in [3.8, 4) is 11.5 Å². The quantitative estimate of drug-likeness (QED) is 0.828. The lowest BCUT2D eigenvalue weighted by Crippen LogP contribution is -2.39. The molecule has 0 radical (unpaired) electrons. The van der Waals surface area contributed by atoms with Gasteiger partial charge in [0.15, 0.2) is 11.5 Å². The summed E-state index contributed by atoms with van der Waals surface area (Å²) in [6.07, 6.45) is 7.90. The number of likely N-dealkylation sites (tertiary alicyclic amines) is 1. The van der Waals surface area contributed by atoms with Gasteiger partial charge in [-0.15, -0.1) is 0 Å². The third kappa shape index (κ3) is 4.22. The smallest absolute Gasteiger partial charge is 0.223 e. The van der Waals surface area contributed by atoms with Gasteiger partial charge in [0.05, 0.1) is 5.69 Å². The molecule has 2 aromatic rings. The molecule has 148 valence electrons. The Labute approximate surface area is 166 Å². The summed E-state index contributed by atoms with van der Waals surface area (Å²) >= 11 is 0. The van der Waals surface area contributed by atoms with Crippen LogP contribution in [0.1, 0.15) is 43.7 Å². The number of anilines is 1. The second-order valence-electron chi connectivity index (χ2n) is 8.15. The summed E-state index contributed by atoms with van der Waals surface area (Å²) in [6, 6.07) is 10.6. The lowest BCUT2D eigenvalue weighted by atomic mass is 9.94. The molecular formula is C22H28N4O2. The maximum absolute atomic E-state index is 6.11. The van der Waals surface area contributed by atoms with Gasteiger partial charge in [0.1, 0.15) is 12.7 Å². The van der Waals surface area contributed by atoms with E-state index in [0.29, 0.717) is 18.6 Å². The molecule has 3 heterocycles. The molecule has 6 nitrogen and oxygen atoms in total. The Morgan fingerprint density at radius 2 is 2.00 bits per heavy atom. The number of aromatic nitrogens is 2. The largest absolute Gasteiger partial charge is 0.486 e. The normalized spacial score (nSPS) is 24.7. The number of ether oxygens (including phenoxy) is 2. The van der Waals surface area contributed by atoms with Crippen LogP contribution in [0.25, 0.3) is 0 Å². The Morgan fingerprint density at radius 1 is 1.11 bits per heavy atom. The van der Waals surface area contributed by atoms with Gasteiger partial charge in [-0.1, -0.05) is 12.1 Å². The van der Waals surface area contributed by atoms with Gasteiger partial charge in [0.2, 0.25) is 5.95 Å². The highest BCUT2D eigenvalue weighted by Gasteiger charge is 2.26. The molecule has 6 heteroatoms. The minimum absolute atomic E-state index is 0.128. The molecule has 3 aliphatic rings. The predicted octanol–water partition coefficient (Wildman–Crippen LogP) is 3.46. The molecule has 28 heavy (non-hydrogen) atoms. The van der Waals surface area contributed by atoms with E-state index in [1.165, 1.54) is 31.4 Å². The Balaban J connectivity index is 1.15. The first-order valence-electron chi connectivity index (χ1n) is 10.5. The van der Waals surface area contributed by atoms with Crippen molar-refractivity contribution in [3.63, 3.8) is 0 Å². The van der Waals surface area contributed by atoms with E-state index in [0.717, 1.165) is 43.5 Å². The number of benzene rings is 1. The van der Waals surface area contributed by atoms with E-state index < -0.39 is 0 Å². The standard InChI is InChI=1S/C22H28N4O2/c1-2-6-21-20(5-1)27-15-18(28-21)10-13-26-12-3-4-16(14-26)19-9-11-23-22(25-19)24-17-7-8-17/h1-2,5-6,9,11,16-18H,3-4,7-8,10,12-15H2,(H,23,24,25)/t16?,18-/m0/s1. The second-order valence-corrected chi connectivity index (χ2v) is 8.15. The molecule has 2 atom stereocenters. The zero-order chi connectivity index (χ0) is 18.8. The molecule has 0 amide bonds. The van der Waals surface area contributed by atoms with Gasteiger partial charge in [-0.2, -0.15) is 0 Å². The molecule has 1 saturated heterocycles. The number of nitrogens with zero attached hydrogens (tertiary/aromatic N) is 3. The summed E-state index contributed by atoms with van der Waals surface area (Å²) in [4.78, 5) is 11.7. The van der Waals surface area contributed by atoms with Crippen molar-refractivity contribution in [2.75, 3.05) is 31.6 Å². The lowest BCUT2D eigenvalue weighted by molar-refractivity contribution is 0.0713. The van der Waals surface area contributed by atoms with Crippen LogP contribution in [-0.2, 0) is 0 Å². The van der Waals surface area contributed by atoms with Gasteiger partial charge in [0, 0.05) is 37.7 Å². The minimum atomic E-state index is 0.128. The van der Waals surface area contributed by atoms with Crippen LogP contribution in [0.15, 0.2) is 36.5 Å². The van der Waals surface area contributed by atoms with Crippen LogP contribution in [0.5, 0.6) is 11.5 Å². The molecule has 5 rings (SSSR count). The van der Waals surface area contributed by atoms with Gasteiger partial charge in [-0.3, -0.25) is 0 Å². The van der Waals surface area contributed by atoms with Gasteiger partial charge in [0.25, 0.3) is 0 Å². The number of piperidine rings is 1. The van der Waals surface area contributed by atoms with Crippen molar-refractivity contribution in [3.05, 3.63) is 42.2 Å². The van der Waals surface area contributed by atoms with Crippen LogP contribution in [0, 0.1) is 0 Å². The molecule has 1 aromatic carbocycles. The predicted molar refractivity (Wildman–Crippen MR) is 108 cm³/mol. The fourth-order valence-corrected chi connectivity index (χ4v) is 4.11. The summed E-state index contributed by atoms with van der Waals surface area (Å²) in [5.74, 6) is 3.01. The van der Waals surface area contributed by atoms with E-state index in [1.807, 2.05) is 30.5 Å². The number of nitrogens with one attached hydrogen (secondary N) is 1. The summed E-state index contributed by atoms with van der Waals surface area (Å²) in [5, 5.41) is 3.42. The average molecular weight is 380 g/mol. The van der Waals surface area contributed by atoms with Crippen molar-refractivity contribution >= 4 is 5.95 Å². The number of rotatable bonds is 6. The highest BCUT2D eigenvalue weighted by atomic mass is 16.6. The Bertz CT molecular complexity index is 811. The third-order valence-electron chi connectivity index (χ3n) is 5.85. The van der Waals surface area contributed by atoms with Crippen LogP contribution >= 0.6 is 0 Å². The second kappa shape index (κ2) is 7.95. The molecule has 2 aliphatic heterocycles. The maximum atomic E-state index is 6.11. The number of hydrogen-bond donors (Lipinski definition) is 1. The van der Waals surface area contributed by atoms with Crippen LogP contribution in [0.3, 0.4) is 0 Å². The van der Waals surface area contributed by atoms with Crippen molar-refractivity contribution < 1.29 is 9.47 Å². The van der Waals surface area contributed by atoms with Crippen LogP contribution < -0.4 is 14.8 Å². The molecule has 1 aromatic heterocycles. The van der Waals surface area contributed by atoms with E-state index >= 15 is 0 Å². The summed E-state index contributed by atoms with van der Waals surface area (Å²) in [5.41, 5.74) is 1.18. The Morgan fingerprint density at radius 3 is 2.89 bits per heavy atom. The fourth-order valence-electron chi connectivity index (χ4n) is 4.11. The number of fused-ring (bicyclic) bond motifs is 1. The van der Waals surface area contributed by atoms with Gasteiger partial charge in [-0.25, -0.2) is 9.97 Å². The molecular weight excluding hydrogens is 352 g/mol. The first kappa shape index (κ1) is 17.7. The molecule has 0 spiro atoms. The van der Waals surface area contributed by atoms with Crippen molar-refractivity contribution in [2.45, 2.75) is 50.2 Å². The monoisotopic (exact) mass is 380 g/mol. The molecule has 0 bridgehead atoms. The van der Waals surface area contributed by atoms with Crippen LogP contribution in [0.2, 0.25) is 0 Å². The van der Waals surface area contributed by atoms with Gasteiger partial charge < -0.3 is 19.7 Å². The lowest BCUT2D eigenvalue weighted by Gasteiger charge is -2.34. The van der Waals surface area contributed by atoms with Crippen LogP contribution in [0.4, 0.5) is 5.95 Å². The summed E-state index contributed by atoms with van der Waals surface area (Å²) in [6.45, 7) is 3.88. The topological polar surface area (TPSA) is 59.5 Å². The van der Waals surface area contributed by atoms with Crippen molar-refractivity contribution in [1.82, 2.24) is 14.9 Å². The van der Waals surface area contributed by atoms with Crippen LogP contribution in [-0.4, -0.2) is 53.3 Å². The van der Waals surface area contributed by atoms with E-state index in [2.05, 4.69) is 21.3 Å². The van der Waals surface area contributed by atoms with Gasteiger partial charge >= 0.3 is 0 Å². The zero-order valence-electron chi connectivity index (χ0n) is 16.2. The Kier molecular flexibility index (Phi) is 5.04. The molecule has 1 N–H and O–H groups in total. The first-order valence-corrected chi connectivity index (χ1v) is 10.5. The number of para-hydroxylation sites is 2. The fraction of sp³-hybridized carbons (Fsp3) is 0.545. The SMILES string of the molecule is c1ccc2c(c1)OC[C@H](CCN1CCCC(c3ccnc(NC4CC4)n3)C1)O2. The number of hydrogen-bond acceptors (Lipinski definition) is 6. The first-order chi connectivity index (χ1) is 13.8. The van der Waals surface area contributed by atoms with Crippen molar-refractivity contribution in [1.29, 1.82) is 0 Å². The third-order valence-corrected chi connectivity index (χ3v) is 5.85. The Hall–Kier alpha value is -2.34. The van der Waals surface area contributed by atoms with E-state index in [1.54, 1.807) is 0 Å².